The van der Waals surface area contributed by atoms with E-state index in [9.17, 15) is 8.42 Å². The Morgan fingerprint density at radius 1 is 1.07 bits per heavy atom. The number of hydrogen-bond acceptors (Lipinski definition) is 4. The predicted molar refractivity (Wildman–Crippen MR) is 113 cm³/mol. The van der Waals surface area contributed by atoms with Gasteiger partial charge < -0.3 is 9.72 Å². The number of nitrogens with one attached hydrogen (secondary N) is 2. The number of pyridine rings is 1. The number of hydrogen-bond donors (Lipinski definition) is 2. The number of benzene rings is 2. The van der Waals surface area contributed by atoms with Crippen molar-refractivity contribution in [2.45, 2.75) is 10.8 Å². The van der Waals surface area contributed by atoms with Crippen molar-refractivity contribution in [2.75, 3.05) is 13.7 Å². The standard InChI is InChI=1S/C22H21N3O3S/c1-28-17-10-8-16(9-11-17)20(21-14-24-22-7-3-2-6-19(21)22)15-25-29(26,27)18-5-4-12-23-13-18/h2-14,20,24-25H,15H2,1H3/t20-/m1/s1. The molecule has 0 aliphatic heterocycles. The average Bonchev–Trinajstić information content (AvgIpc) is 3.19. The fourth-order valence-electron chi connectivity index (χ4n) is 3.41. The maximum atomic E-state index is 12.7. The van der Waals surface area contributed by atoms with Crippen molar-refractivity contribution < 1.29 is 13.2 Å². The number of H-pyrrole nitrogens is 1. The van der Waals surface area contributed by atoms with E-state index in [4.69, 9.17) is 4.74 Å². The van der Waals surface area contributed by atoms with Crippen LogP contribution in [0.5, 0.6) is 5.75 Å². The predicted octanol–water partition coefficient (Wildman–Crippen LogP) is 3.68. The zero-order valence-electron chi connectivity index (χ0n) is 15.9. The Morgan fingerprint density at radius 3 is 2.59 bits per heavy atom. The van der Waals surface area contributed by atoms with E-state index in [0.717, 1.165) is 27.8 Å². The number of para-hydroxylation sites is 1. The zero-order valence-corrected chi connectivity index (χ0v) is 16.7. The number of fused-ring (bicyclic) bond motifs is 1. The van der Waals surface area contributed by atoms with E-state index in [-0.39, 0.29) is 17.4 Å². The Morgan fingerprint density at radius 2 is 1.86 bits per heavy atom. The summed E-state index contributed by atoms with van der Waals surface area (Å²) in [6, 6.07) is 18.8. The summed E-state index contributed by atoms with van der Waals surface area (Å²) in [5.74, 6) is 0.575. The largest absolute Gasteiger partial charge is 0.497 e. The fourth-order valence-corrected chi connectivity index (χ4v) is 4.42. The van der Waals surface area contributed by atoms with E-state index in [1.165, 1.54) is 12.3 Å². The molecule has 0 radical (unpaired) electrons. The Hall–Kier alpha value is -3.16. The van der Waals surface area contributed by atoms with E-state index in [0.29, 0.717) is 0 Å². The first kappa shape index (κ1) is 19.2. The molecule has 0 aliphatic carbocycles. The van der Waals surface area contributed by atoms with Crippen LogP contribution in [0.25, 0.3) is 10.9 Å². The smallest absolute Gasteiger partial charge is 0.242 e. The summed E-state index contributed by atoms with van der Waals surface area (Å²) < 4.78 is 33.4. The van der Waals surface area contributed by atoms with Crippen LogP contribution >= 0.6 is 0 Å². The summed E-state index contributed by atoms with van der Waals surface area (Å²) in [5.41, 5.74) is 3.03. The minimum Gasteiger partial charge on any atom is -0.497 e. The molecule has 0 spiro atoms. The first-order valence-electron chi connectivity index (χ1n) is 9.18. The number of sulfonamides is 1. The highest BCUT2D eigenvalue weighted by Crippen LogP contribution is 2.31. The molecule has 148 valence electrons. The highest BCUT2D eigenvalue weighted by molar-refractivity contribution is 7.89. The van der Waals surface area contributed by atoms with Crippen LogP contribution in [0.4, 0.5) is 0 Å². The minimum atomic E-state index is -3.67. The van der Waals surface area contributed by atoms with Crippen LogP contribution in [0.15, 0.2) is 84.1 Å². The highest BCUT2D eigenvalue weighted by atomic mass is 32.2. The molecule has 0 saturated carbocycles. The van der Waals surface area contributed by atoms with Gasteiger partial charge in [0.1, 0.15) is 10.6 Å². The van der Waals surface area contributed by atoms with Gasteiger partial charge in [0, 0.05) is 42.0 Å². The lowest BCUT2D eigenvalue weighted by molar-refractivity contribution is 0.414. The van der Waals surface area contributed by atoms with Crippen molar-refractivity contribution in [3.8, 4) is 5.75 Å². The second kappa shape index (κ2) is 8.06. The molecule has 2 heterocycles. The number of nitrogens with zero attached hydrogens (tertiary/aromatic N) is 1. The lowest BCUT2D eigenvalue weighted by Gasteiger charge is -2.18. The van der Waals surface area contributed by atoms with Gasteiger partial charge in [-0.3, -0.25) is 4.98 Å². The molecule has 0 amide bonds. The normalized spacial score (nSPS) is 12.7. The van der Waals surface area contributed by atoms with Gasteiger partial charge in [0.05, 0.1) is 7.11 Å². The molecule has 1 atom stereocenters. The molecule has 0 bridgehead atoms. The van der Waals surface area contributed by atoms with Gasteiger partial charge in [-0.15, -0.1) is 0 Å². The van der Waals surface area contributed by atoms with Gasteiger partial charge in [0.2, 0.25) is 10.0 Å². The second-order valence-corrected chi connectivity index (χ2v) is 8.42. The van der Waals surface area contributed by atoms with E-state index in [1.807, 2.05) is 54.7 Å². The summed E-state index contributed by atoms with van der Waals surface area (Å²) in [7, 11) is -2.05. The van der Waals surface area contributed by atoms with Gasteiger partial charge in [-0.1, -0.05) is 30.3 Å². The van der Waals surface area contributed by atoms with Crippen LogP contribution < -0.4 is 9.46 Å². The quantitative estimate of drug-likeness (QED) is 0.489. The number of aromatic nitrogens is 2. The Labute approximate surface area is 169 Å². The van der Waals surface area contributed by atoms with Gasteiger partial charge in [-0.05, 0) is 41.5 Å². The van der Waals surface area contributed by atoms with Crippen LogP contribution in [0.2, 0.25) is 0 Å². The second-order valence-electron chi connectivity index (χ2n) is 6.66. The molecule has 2 N–H and O–H groups in total. The van der Waals surface area contributed by atoms with Gasteiger partial charge in [-0.25, -0.2) is 13.1 Å². The van der Waals surface area contributed by atoms with Crippen molar-refractivity contribution >= 4 is 20.9 Å². The summed E-state index contributed by atoms with van der Waals surface area (Å²) in [5, 5.41) is 1.06. The van der Waals surface area contributed by atoms with Gasteiger partial charge in [-0.2, -0.15) is 0 Å². The summed E-state index contributed by atoms with van der Waals surface area (Å²) in [4.78, 5) is 7.33. The lowest BCUT2D eigenvalue weighted by Crippen LogP contribution is -2.29. The molecule has 0 saturated heterocycles. The first-order valence-corrected chi connectivity index (χ1v) is 10.7. The molecule has 7 heteroatoms. The number of rotatable bonds is 7. The topological polar surface area (TPSA) is 84.1 Å². The van der Waals surface area contributed by atoms with E-state index >= 15 is 0 Å². The van der Waals surface area contributed by atoms with Crippen molar-refractivity contribution in [2.24, 2.45) is 0 Å². The number of methoxy groups -OCH3 is 1. The fraction of sp³-hybridized carbons (Fsp3) is 0.136. The van der Waals surface area contributed by atoms with Gasteiger partial charge >= 0.3 is 0 Å². The van der Waals surface area contributed by atoms with Crippen LogP contribution in [0.1, 0.15) is 17.0 Å². The summed E-state index contributed by atoms with van der Waals surface area (Å²) >= 11 is 0. The molecule has 0 aliphatic rings. The highest BCUT2D eigenvalue weighted by Gasteiger charge is 2.22. The number of aromatic amines is 1. The lowest BCUT2D eigenvalue weighted by atomic mass is 9.91. The molecule has 2 aromatic heterocycles. The summed E-state index contributed by atoms with van der Waals surface area (Å²) in [6.45, 7) is 0.214. The molecular formula is C22H21N3O3S. The molecule has 0 unspecified atom stereocenters. The van der Waals surface area contributed by atoms with E-state index in [1.54, 1.807) is 19.4 Å². The Balaban J connectivity index is 1.70. The van der Waals surface area contributed by atoms with Gasteiger partial charge in [0.15, 0.2) is 0 Å². The third kappa shape index (κ3) is 4.01. The van der Waals surface area contributed by atoms with Crippen molar-refractivity contribution in [1.82, 2.24) is 14.7 Å². The maximum absolute atomic E-state index is 12.7. The first-order chi connectivity index (χ1) is 14.1. The SMILES string of the molecule is COc1ccc([C@@H](CNS(=O)(=O)c2cccnc2)c2c[nH]c3ccccc23)cc1. The third-order valence-corrected chi connectivity index (χ3v) is 6.35. The van der Waals surface area contributed by atoms with Crippen LogP contribution in [0, 0.1) is 0 Å². The monoisotopic (exact) mass is 407 g/mol. The summed E-state index contributed by atoms with van der Waals surface area (Å²) in [6.07, 6.45) is 4.83. The molecule has 2 aromatic carbocycles. The van der Waals surface area contributed by atoms with Crippen LogP contribution in [-0.2, 0) is 10.0 Å². The molecule has 29 heavy (non-hydrogen) atoms. The Kier molecular flexibility index (Phi) is 5.33. The number of ether oxygens (including phenoxy) is 1. The average molecular weight is 407 g/mol. The molecule has 4 rings (SSSR count). The van der Waals surface area contributed by atoms with Gasteiger partial charge in [0.25, 0.3) is 0 Å². The van der Waals surface area contributed by atoms with Crippen molar-refractivity contribution in [3.63, 3.8) is 0 Å². The molecule has 6 nitrogen and oxygen atoms in total. The van der Waals surface area contributed by atoms with Crippen molar-refractivity contribution in [1.29, 1.82) is 0 Å². The van der Waals surface area contributed by atoms with Crippen molar-refractivity contribution in [3.05, 3.63) is 90.4 Å². The third-order valence-electron chi connectivity index (χ3n) is 4.94. The molecule has 0 fully saturated rings. The zero-order chi connectivity index (χ0) is 20.3. The Bertz CT molecular complexity index is 1200. The molecule has 4 aromatic rings. The molecular weight excluding hydrogens is 386 g/mol. The van der Waals surface area contributed by atoms with E-state index in [2.05, 4.69) is 14.7 Å². The minimum absolute atomic E-state index is 0.146. The van der Waals surface area contributed by atoms with Crippen LogP contribution in [0.3, 0.4) is 0 Å². The van der Waals surface area contributed by atoms with Crippen LogP contribution in [-0.4, -0.2) is 32.0 Å². The van der Waals surface area contributed by atoms with E-state index < -0.39 is 10.0 Å². The maximum Gasteiger partial charge on any atom is 0.242 e.